The molecule has 2 unspecified atom stereocenters. The molecule has 3 fully saturated rings. The number of unbranched alkanes of at least 4 members (excludes halogenated alkanes) is 3. The van der Waals surface area contributed by atoms with Gasteiger partial charge in [-0.3, -0.25) is 14.4 Å². The molecule has 218 valence electrons. The van der Waals surface area contributed by atoms with E-state index >= 15 is 0 Å². The molecule has 40 heavy (non-hydrogen) atoms. The molecule has 0 saturated carbocycles. The number of amides is 2. The van der Waals surface area contributed by atoms with E-state index < -0.39 is 35.0 Å². The fraction of sp³-hybridized carbons (Fsp3) is 0.594. The van der Waals surface area contributed by atoms with Gasteiger partial charge in [0.15, 0.2) is 0 Å². The summed E-state index contributed by atoms with van der Waals surface area (Å²) < 4.78 is 12.4. The number of nitrogens with zero attached hydrogens (tertiary/aromatic N) is 2. The average molecular weight is 553 g/mol. The number of aliphatic hydroxyl groups excluding tert-OH is 1. The second-order valence-electron chi connectivity index (χ2n) is 11.4. The van der Waals surface area contributed by atoms with E-state index in [-0.39, 0.29) is 31.6 Å². The Morgan fingerprint density at radius 1 is 1.15 bits per heavy atom. The number of ether oxygens (including phenoxy) is 2. The molecule has 1 N–H and O–H groups in total. The zero-order chi connectivity index (χ0) is 29.1. The molecule has 3 aliphatic rings. The maximum Gasteiger partial charge on any atom is 0.313 e. The van der Waals surface area contributed by atoms with Crippen LogP contribution in [0.25, 0.3) is 0 Å². The van der Waals surface area contributed by atoms with Gasteiger partial charge in [0.05, 0.1) is 11.5 Å². The number of hydrogen-bond acceptors (Lipinski definition) is 6. The summed E-state index contributed by atoms with van der Waals surface area (Å²) in [6, 6.07) is 5.04. The smallest absolute Gasteiger partial charge is 0.313 e. The summed E-state index contributed by atoms with van der Waals surface area (Å²) in [5.74, 6) is -2.45. The fourth-order valence-corrected chi connectivity index (χ4v) is 7.37. The highest BCUT2D eigenvalue weighted by Gasteiger charge is 2.79. The second-order valence-corrected chi connectivity index (χ2v) is 11.4. The maximum absolute atomic E-state index is 14.7. The molecule has 3 saturated heterocycles. The Hall–Kier alpha value is -2.97. The van der Waals surface area contributed by atoms with E-state index in [2.05, 4.69) is 13.2 Å². The van der Waals surface area contributed by atoms with Crippen molar-refractivity contribution >= 4 is 23.5 Å². The van der Waals surface area contributed by atoms with Crippen molar-refractivity contribution in [1.82, 2.24) is 4.90 Å². The summed E-state index contributed by atoms with van der Waals surface area (Å²) in [6.45, 7) is 14.3. The van der Waals surface area contributed by atoms with Crippen LogP contribution in [0.2, 0.25) is 0 Å². The van der Waals surface area contributed by atoms with Crippen molar-refractivity contribution in [3.05, 3.63) is 54.6 Å². The van der Waals surface area contributed by atoms with Crippen LogP contribution in [0.3, 0.4) is 0 Å². The molecule has 0 radical (unpaired) electrons. The summed E-state index contributed by atoms with van der Waals surface area (Å²) in [4.78, 5) is 45.9. The first-order chi connectivity index (χ1) is 19.2. The molecule has 1 spiro atoms. The predicted molar refractivity (Wildman–Crippen MR) is 154 cm³/mol. The molecule has 2 bridgehead atoms. The van der Waals surface area contributed by atoms with E-state index in [4.69, 9.17) is 9.47 Å². The highest BCUT2D eigenvalue weighted by molar-refractivity contribution is 6.05. The van der Waals surface area contributed by atoms with Crippen LogP contribution in [0.1, 0.15) is 63.0 Å². The number of aliphatic hydroxyl groups is 1. The molecule has 2 amide bonds. The summed E-state index contributed by atoms with van der Waals surface area (Å²) >= 11 is 0. The predicted octanol–water partition coefficient (Wildman–Crippen LogP) is 4.26. The van der Waals surface area contributed by atoms with E-state index in [1.54, 1.807) is 15.9 Å². The van der Waals surface area contributed by atoms with Crippen LogP contribution in [0, 0.1) is 25.7 Å². The van der Waals surface area contributed by atoms with Crippen molar-refractivity contribution in [2.75, 3.05) is 31.2 Å². The SMILES string of the molecule is C=CCOC(=O)[C@@H]1[C@H]2C(=O)N(CCCCCCO)C(C(=O)N(CC=C)c3c(C)cccc3C)C23CC[C@@]1(CC)O3. The lowest BCUT2D eigenvalue weighted by molar-refractivity contribution is -0.159. The number of para-hydroxylation sites is 1. The number of benzene rings is 1. The number of carbonyl (C=O) groups excluding carboxylic acids is 3. The Labute approximate surface area is 238 Å². The van der Waals surface area contributed by atoms with Gasteiger partial charge >= 0.3 is 5.97 Å². The van der Waals surface area contributed by atoms with Crippen molar-refractivity contribution in [3.63, 3.8) is 0 Å². The van der Waals surface area contributed by atoms with Crippen LogP contribution >= 0.6 is 0 Å². The molecular weight excluding hydrogens is 508 g/mol. The molecule has 8 heteroatoms. The second kappa shape index (κ2) is 12.3. The first-order valence-corrected chi connectivity index (χ1v) is 14.6. The van der Waals surface area contributed by atoms with Crippen LogP contribution in [0.5, 0.6) is 0 Å². The number of rotatable bonds is 14. The number of anilines is 1. The first-order valence-electron chi connectivity index (χ1n) is 14.6. The monoisotopic (exact) mass is 552 g/mol. The van der Waals surface area contributed by atoms with Crippen molar-refractivity contribution < 1.29 is 29.0 Å². The number of likely N-dealkylation sites (tertiary alicyclic amines) is 1. The Morgan fingerprint density at radius 3 is 2.48 bits per heavy atom. The highest BCUT2D eigenvalue weighted by atomic mass is 16.6. The van der Waals surface area contributed by atoms with Gasteiger partial charge in [-0.25, -0.2) is 0 Å². The average Bonchev–Trinajstić information content (AvgIpc) is 3.54. The van der Waals surface area contributed by atoms with Gasteiger partial charge < -0.3 is 24.4 Å². The number of fused-ring (bicyclic) bond motifs is 1. The Bertz CT molecular complexity index is 1130. The minimum atomic E-state index is -1.11. The molecule has 4 rings (SSSR count). The van der Waals surface area contributed by atoms with Crippen molar-refractivity contribution in [2.45, 2.75) is 83.0 Å². The molecule has 0 aromatic heterocycles. The third kappa shape index (κ3) is 4.90. The summed E-state index contributed by atoms with van der Waals surface area (Å²) in [7, 11) is 0. The standard InChI is InChI=1S/C32H44N2O6/c1-6-18-33(26-22(4)14-13-15-23(26)5)29(37)27-32-17-16-31(8-3,40-32)25(30(38)39-21-7-2)24(32)28(36)34(27)19-11-9-10-12-20-35/h6-7,13-15,24-25,27,35H,1-2,8-12,16-21H2,3-5H3/t24-,25-,27?,31+,32?/m0/s1. The Balaban J connectivity index is 1.78. The van der Waals surface area contributed by atoms with Gasteiger partial charge in [0.25, 0.3) is 5.91 Å². The highest BCUT2D eigenvalue weighted by Crippen LogP contribution is 2.64. The molecular formula is C32H44N2O6. The lowest BCUT2D eigenvalue weighted by Gasteiger charge is -2.37. The number of aryl methyl sites for hydroxylation is 2. The number of carbonyl (C=O) groups is 3. The first kappa shape index (κ1) is 30.0. The van der Waals surface area contributed by atoms with Crippen molar-refractivity contribution in [2.24, 2.45) is 11.8 Å². The van der Waals surface area contributed by atoms with Gasteiger partial charge in [-0.1, -0.05) is 56.7 Å². The normalized spacial score (nSPS) is 28.4. The maximum atomic E-state index is 14.7. The molecule has 1 aromatic rings. The summed E-state index contributed by atoms with van der Waals surface area (Å²) in [5, 5.41) is 9.18. The van der Waals surface area contributed by atoms with Crippen molar-refractivity contribution in [3.8, 4) is 0 Å². The zero-order valence-electron chi connectivity index (χ0n) is 24.2. The Kier molecular flexibility index (Phi) is 9.20. The van der Waals surface area contributed by atoms with E-state index in [0.717, 1.165) is 29.7 Å². The minimum Gasteiger partial charge on any atom is -0.461 e. The Morgan fingerprint density at radius 2 is 1.85 bits per heavy atom. The minimum absolute atomic E-state index is 0.0552. The van der Waals surface area contributed by atoms with Gasteiger partial charge in [0.2, 0.25) is 5.91 Å². The van der Waals surface area contributed by atoms with Gasteiger partial charge in [-0.15, -0.1) is 6.58 Å². The van der Waals surface area contributed by atoms with Crippen LogP contribution in [0.4, 0.5) is 5.69 Å². The van der Waals surface area contributed by atoms with E-state index in [0.29, 0.717) is 38.6 Å². The molecule has 3 heterocycles. The molecule has 0 aliphatic carbocycles. The van der Waals surface area contributed by atoms with Gasteiger partial charge in [-0.2, -0.15) is 0 Å². The van der Waals surface area contributed by atoms with E-state index in [9.17, 15) is 19.5 Å². The zero-order valence-corrected chi connectivity index (χ0v) is 24.2. The van der Waals surface area contributed by atoms with Crippen LogP contribution in [0.15, 0.2) is 43.5 Å². The van der Waals surface area contributed by atoms with Crippen LogP contribution in [-0.2, 0) is 23.9 Å². The topological polar surface area (TPSA) is 96.4 Å². The van der Waals surface area contributed by atoms with Crippen LogP contribution < -0.4 is 4.90 Å². The number of esters is 1. The van der Waals surface area contributed by atoms with Gasteiger partial charge in [0.1, 0.15) is 24.2 Å². The largest absolute Gasteiger partial charge is 0.461 e. The third-order valence-corrected chi connectivity index (χ3v) is 9.11. The number of hydrogen-bond donors (Lipinski definition) is 1. The fourth-order valence-electron chi connectivity index (χ4n) is 7.37. The quantitative estimate of drug-likeness (QED) is 0.211. The van der Waals surface area contributed by atoms with Gasteiger partial charge in [0, 0.05) is 25.4 Å². The van der Waals surface area contributed by atoms with Crippen molar-refractivity contribution in [1.29, 1.82) is 0 Å². The molecule has 5 atom stereocenters. The molecule has 3 aliphatic heterocycles. The van der Waals surface area contributed by atoms with Crippen LogP contribution in [-0.4, -0.2) is 71.3 Å². The summed E-state index contributed by atoms with van der Waals surface area (Å²) in [5.41, 5.74) is 0.769. The lowest BCUT2D eigenvalue weighted by Crippen LogP contribution is -2.56. The van der Waals surface area contributed by atoms with Gasteiger partial charge in [-0.05, 0) is 57.1 Å². The van der Waals surface area contributed by atoms with E-state index in [1.807, 2.05) is 39.0 Å². The van der Waals surface area contributed by atoms with E-state index in [1.165, 1.54) is 6.08 Å². The third-order valence-electron chi connectivity index (χ3n) is 9.11. The molecule has 8 nitrogen and oxygen atoms in total. The molecule has 1 aromatic carbocycles. The summed E-state index contributed by atoms with van der Waals surface area (Å²) in [6.07, 6.45) is 7.90. The lowest BCUT2D eigenvalue weighted by atomic mass is 9.65.